The lowest BCUT2D eigenvalue weighted by atomic mass is 10.0. The Morgan fingerprint density at radius 2 is 1.56 bits per heavy atom. The number of aliphatic hydroxyl groups excluding tert-OH is 1. The maximum atomic E-state index is 12.9. The Bertz CT molecular complexity index is 1230. The predicted molar refractivity (Wildman–Crippen MR) is 126 cm³/mol. The van der Waals surface area contributed by atoms with Gasteiger partial charge < -0.3 is 10.4 Å². The third-order valence-corrected chi connectivity index (χ3v) is 5.61. The molecule has 0 saturated carbocycles. The molecule has 8 heteroatoms. The van der Waals surface area contributed by atoms with Gasteiger partial charge in [-0.3, -0.25) is 14.6 Å². The average molecular weight is 466 g/mol. The molecule has 0 bridgehead atoms. The van der Waals surface area contributed by atoms with Crippen molar-refractivity contribution in [2.24, 2.45) is 5.10 Å². The summed E-state index contributed by atoms with van der Waals surface area (Å²) in [6.07, 6.45) is 1.45. The van der Waals surface area contributed by atoms with E-state index in [9.17, 15) is 14.7 Å². The van der Waals surface area contributed by atoms with E-state index < -0.39 is 29.2 Å². The Kier molecular flexibility index (Phi) is 6.25. The fourth-order valence-corrected chi connectivity index (χ4v) is 3.64. The summed E-state index contributed by atoms with van der Waals surface area (Å²) in [4.78, 5) is 25.4. The number of nitrogens with one attached hydrogen (secondary N) is 1. The SMILES string of the molecule is O=C(Nc1ccccc1)C(=O)C1=NN(c2cccc(Cl)c2Cl)[C@@H](c2ccccc2)C=C1O. The number of hydrazone groups is 1. The first-order chi connectivity index (χ1) is 15.5. The van der Waals surface area contributed by atoms with Gasteiger partial charge in [0.25, 0.3) is 11.7 Å². The van der Waals surface area contributed by atoms with Crippen molar-refractivity contribution in [2.45, 2.75) is 6.04 Å². The molecule has 3 aromatic carbocycles. The maximum absolute atomic E-state index is 12.9. The molecule has 0 radical (unpaired) electrons. The Morgan fingerprint density at radius 3 is 2.25 bits per heavy atom. The second-order valence-corrected chi connectivity index (χ2v) is 7.71. The first-order valence-corrected chi connectivity index (χ1v) is 10.4. The van der Waals surface area contributed by atoms with E-state index in [4.69, 9.17) is 23.2 Å². The topological polar surface area (TPSA) is 82.0 Å². The number of rotatable bonds is 5. The fraction of sp³-hybridized carbons (Fsp3) is 0.0417. The molecule has 32 heavy (non-hydrogen) atoms. The van der Waals surface area contributed by atoms with Crippen molar-refractivity contribution in [3.8, 4) is 0 Å². The summed E-state index contributed by atoms with van der Waals surface area (Å²) in [6.45, 7) is 0. The van der Waals surface area contributed by atoms with Gasteiger partial charge in [0.05, 0.1) is 21.8 Å². The van der Waals surface area contributed by atoms with Gasteiger partial charge in [-0.2, -0.15) is 5.10 Å². The van der Waals surface area contributed by atoms with E-state index in [1.54, 1.807) is 48.5 Å². The summed E-state index contributed by atoms with van der Waals surface area (Å²) in [5, 5.41) is 19.5. The molecule has 0 aliphatic carbocycles. The molecule has 4 rings (SSSR count). The third kappa shape index (κ3) is 4.37. The van der Waals surface area contributed by atoms with Gasteiger partial charge in [-0.05, 0) is 35.9 Å². The van der Waals surface area contributed by atoms with Crippen LogP contribution in [-0.2, 0) is 9.59 Å². The second kappa shape index (κ2) is 9.26. The van der Waals surface area contributed by atoms with Gasteiger partial charge in [0, 0.05) is 5.69 Å². The maximum Gasteiger partial charge on any atom is 0.298 e. The number of carbonyl (C=O) groups is 2. The van der Waals surface area contributed by atoms with Gasteiger partial charge in [-0.1, -0.05) is 77.8 Å². The van der Waals surface area contributed by atoms with Gasteiger partial charge in [0.15, 0.2) is 5.71 Å². The minimum Gasteiger partial charge on any atom is -0.506 e. The van der Waals surface area contributed by atoms with Crippen molar-refractivity contribution in [3.05, 3.63) is 106 Å². The highest BCUT2D eigenvalue weighted by molar-refractivity contribution is 6.69. The molecular weight excluding hydrogens is 449 g/mol. The van der Waals surface area contributed by atoms with Crippen LogP contribution in [0.4, 0.5) is 11.4 Å². The van der Waals surface area contributed by atoms with E-state index in [0.717, 1.165) is 5.56 Å². The molecule has 1 heterocycles. The highest BCUT2D eigenvalue weighted by Gasteiger charge is 2.33. The Morgan fingerprint density at radius 1 is 0.906 bits per heavy atom. The fourth-order valence-electron chi connectivity index (χ4n) is 3.26. The number of carbonyl (C=O) groups excluding carboxylic acids is 2. The number of Topliss-reactive ketones (excluding diaryl/α,β-unsaturated/α-hetero) is 1. The second-order valence-electron chi connectivity index (χ2n) is 6.92. The smallest absolute Gasteiger partial charge is 0.298 e. The molecule has 0 unspecified atom stereocenters. The molecule has 0 spiro atoms. The zero-order chi connectivity index (χ0) is 22.7. The number of hydrogen-bond acceptors (Lipinski definition) is 5. The number of amides is 1. The van der Waals surface area contributed by atoms with Gasteiger partial charge >= 0.3 is 0 Å². The van der Waals surface area contributed by atoms with Crippen molar-refractivity contribution < 1.29 is 14.7 Å². The van der Waals surface area contributed by atoms with Crippen LogP contribution in [0.2, 0.25) is 10.0 Å². The largest absolute Gasteiger partial charge is 0.506 e. The van der Waals surface area contributed by atoms with Crippen LogP contribution in [0, 0.1) is 0 Å². The molecule has 1 aliphatic heterocycles. The lowest BCUT2D eigenvalue weighted by Gasteiger charge is -2.32. The Balaban J connectivity index is 1.74. The molecule has 3 aromatic rings. The minimum absolute atomic E-state index is 0.231. The molecular formula is C24H17Cl2N3O3. The number of benzene rings is 3. The molecule has 1 atom stereocenters. The molecule has 1 amide bonds. The van der Waals surface area contributed by atoms with Gasteiger partial charge in [-0.25, -0.2) is 0 Å². The van der Waals surface area contributed by atoms with Crippen LogP contribution in [0.5, 0.6) is 0 Å². The number of hydrogen-bond donors (Lipinski definition) is 2. The summed E-state index contributed by atoms with van der Waals surface area (Å²) in [5.74, 6) is -2.32. The van der Waals surface area contributed by atoms with Crippen LogP contribution in [0.1, 0.15) is 11.6 Å². The van der Waals surface area contributed by atoms with Crippen molar-refractivity contribution in [3.63, 3.8) is 0 Å². The summed E-state index contributed by atoms with van der Waals surface area (Å²) < 4.78 is 0. The molecule has 0 aromatic heterocycles. The van der Waals surface area contributed by atoms with Crippen molar-refractivity contribution in [2.75, 3.05) is 10.3 Å². The van der Waals surface area contributed by atoms with Crippen LogP contribution >= 0.6 is 23.2 Å². The summed E-state index contributed by atoms with van der Waals surface area (Å²) in [6, 6.07) is 22.2. The summed E-state index contributed by atoms with van der Waals surface area (Å²) in [5.41, 5.74) is 1.26. The quantitative estimate of drug-likeness (QED) is 0.483. The number of ketones is 1. The number of anilines is 2. The zero-order valence-corrected chi connectivity index (χ0v) is 18.1. The highest BCUT2D eigenvalue weighted by Crippen LogP contribution is 2.39. The van der Waals surface area contributed by atoms with Crippen molar-refractivity contribution in [1.29, 1.82) is 0 Å². The predicted octanol–water partition coefficient (Wildman–Crippen LogP) is 5.56. The van der Waals surface area contributed by atoms with Gasteiger partial charge in [-0.15, -0.1) is 0 Å². The van der Waals surface area contributed by atoms with Crippen molar-refractivity contribution >= 4 is 52.0 Å². The first kappa shape index (κ1) is 21.6. The van der Waals surface area contributed by atoms with Crippen LogP contribution in [0.3, 0.4) is 0 Å². The number of aliphatic hydroxyl groups is 1. The Hall–Kier alpha value is -3.61. The number of halogens is 2. The molecule has 160 valence electrons. The first-order valence-electron chi connectivity index (χ1n) is 9.64. The van der Waals surface area contributed by atoms with Gasteiger partial charge in [0.2, 0.25) is 0 Å². The molecule has 0 saturated heterocycles. The average Bonchev–Trinajstić information content (AvgIpc) is 2.81. The normalized spacial score (nSPS) is 15.6. The highest BCUT2D eigenvalue weighted by atomic mass is 35.5. The minimum atomic E-state index is -0.989. The molecule has 1 aliphatic rings. The zero-order valence-electron chi connectivity index (χ0n) is 16.6. The van der Waals surface area contributed by atoms with Crippen LogP contribution < -0.4 is 10.3 Å². The van der Waals surface area contributed by atoms with Gasteiger partial charge in [0.1, 0.15) is 5.76 Å². The van der Waals surface area contributed by atoms with E-state index in [1.807, 2.05) is 30.3 Å². The summed E-state index contributed by atoms with van der Waals surface area (Å²) in [7, 11) is 0. The van der Waals surface area contributed by atoms with E-state index in [1.165, 1.54) is 11.1 Å². The van der Waals surface area contributed by atoms with Crippen LogP contribution in [0.25, 0.3) is 0 Å². The monoisotopic (exact) mass is 465 g/mol. The van der Waals surface area contributed by atoms with Crippen LogP contribution in [-0.4, -0.2) is 22.5 Å². The lowest BCUT2D eigenvalue weighted by molar-refractivity contribution is -0.130. The van der Waals surface area contributed by atoms with E-state index >= 15 is 0 Å². The number of nitrogens with zero attached hydrogens (tertiary/aromatic N) is 2. The molecule has 2 N–H and O–H groups in total. The van der Waals surface area contributed by atoms with Crippen molar-refractivity contribution in [1.82, 2.24) is 0 Å². The molecule has 0 fully saturated rings. The van der Waals surface area contributed by atoms with Crippen LogP contribution in [0.15, 0.2) is 95.8 Å². The number of allylic oxidation sites excluding steroid dienone is 1. The van der Waals surface area contributed by atoms with E-state index in [-0.39, 0.29) is 5.02 Å². The lowest BCUT2D eigenvalue weighted by Crippen LogP contribution is -2.37. The van der Waals surface area contributed by atoms with E-state index in [2.05, 4.69) is 10.4 Å². The third-order valence-electron chi connectivity index (χ3n) is 4.80. The number of para-hydroxylation sites is 1. The summed E-state index contributed by atoms with van der Waals surface area (Å²) >= 11 is 12.6. The van der Waals surface area contributed by atoms with E-state index in [0.29, 0.717) is 16.4 Å². The molecule has 6 nitrogen and oxygen atoms in total. The standard InChI is InChI=1S/C24H17Cl2N3O3/c25-17-12-7-13-18(21(17)26)29-19(15-8-3-1-4-9-15)14-20(30)22(28-29)23(31)24(32)27-16-10-5-2-6-11-16/h1-14,19,30H,(H,27,32)/t19-/m1/s1. The Labute approximate surface area is 194 Å².